The summed E-state index contributed by atoms with van der Waals surface area (Å²) in [6, 6.07) is 0. The van der Waals surface area contributed by atoms with Gasteiger partial charge in [-0.3, -0.25) is 4.90 Å². The largest absolute Gasteiger partial charge is 0.309 e. The average Bonchev–Trinajstić information content (AvgIpc) is 3.01. The van der Waals surface area contributed by atoms with Crippen LogP contribution in [0.1, 0.15) is 51.4 Å². The van der Waals surface area contributed by atoms with Gasteiger partial charge in [-0.2, -0.15) is 11.8 Å². The summed E-state index contributed by atoms with van der Waals surface area (Å²) in [5.74, 6) is 0. The minimum absolute atomic E-state index is 0.496. The molecule has 1 heterocycles. The molecule has 2 saturated carbocycles. The fourth-order valence-corrected chi connectivity index (χ4v) is 5.43. The second-order valence-corrected chi connectivity index (χ2v) is 7.99. The number of thioether (sulfide) groups is 1. The molecule has 2 nitrogen and oxygen atoms in total. The van der Waals surface area contributed by atoms with Crippen LogP contribution in [0.3, 0.4) is 0 Å². The molecule has 2 aliphatic carbocycles. The van der Waals surface area contributed by atoms with Crippen LogP contribution in [0.25, 0.3) is 0 Å². The molecule has 104 valence electrons. The number of nitrogens with zero attached hydrogens (tertiary/aromatic N) is 1. The van der Waals surface area contributed by atoms with E-state index in [4.69, 9.17) is 0 Å². The normalized spacial score (nSPS) is 31.2. The fourth-order valence-electron chi connectivity index (χ4n) is 4.42. The summed E-state index contributed by atoms with van der Waals surface area (Å²) in [7, 11) is 0. The first-order valence-corrected chi connectivity index (χ1v) is 9.01. The highest BCUT2D eigenvalue weighted by Gasteiger charge is 2.41. The number of rotatable bonds is 3. The van der Waals surface area contributed by atoms with Crippen LogP contribution in [0.15, 0.2) is 0 Å². The van der Waals surface area contributed by atoms with Gasteiger partial charge in [0.05, 0.1) is 0 Å². The zero-order valence-electron chi connectivity index (χ0n) is 11.8. The van der Waals surface area contributed by atoms with Gasteiger partial charge in [0.1, 0.15) is 0 Å². The molecule has 0 unspecified atom stereocenters. The predicted octanol–water partition coefficient (Wildman–Crippen LogP) is 2.88. The molecule has 0 aromatic heterocycles. The zero-order valence-corrected chi connectivity index (χ0v) is 12.7. The van der Waals surface area contributed by atoms with Crippen molar-refractivity contribution >= 4 is 11.8 Å². The Morgan fingerprint density at radius 1 is 1.06 bits per heavy atom. The average molecular weight is 268 g/mol. The molecule has 3 rings (SSSR count). The Morgan fingerprint density at radius 3 is 2.39 bits per heavy atom. The highest BCUT2D eigenvalue weighted by atomic mass is 32.2. The van der Waals surface area contributed by atoms with E-state index in [0.717, 1.165) is 0 Å². The standard InChI is InChI=1S/C15H28N2S/c1-18-15(8-4-5-9-15)13-17-11-10-16-14(12-17)6-2-3-7-14/h16H,2-13H2,1H3. The van der Waals surface area contributed by atoms with Crippen LogP contribution in [0.4, 0.5) is 0 Å². The maximum atomic E-state index is 3.83. The van der Waals surface area contributed by atoms with Crippen LogP contribution in [-0.4, -0.2) is 47.6 Å². The minimum atomic E-state index is 0.496. The zero-order chi connectivity index (χ0) is 12.5. The minimum Gasteiger partial charge on any atom is -0.309 e. The summed E-state index contributed by atoms with van der Waals surface area (Å²) in [6.07, 6.45) is 13.8. The lowest BCUT2D eigenvalue weighted by atomic mass is 9.93. The molecule has 3 fully saturated rings. The van der Waals surface area contributed by atoms with Gasteiger partial charge in [-0.25, -0.2) is 0 Å². The number of hydrogen-bond acceptors (Lipinski definition) is 3. The first-order valence-electron chi connectivity index (χ1n) is 7.79. The molecule has 1 aliphatic heterocycles. The second kappa shape index (κ2) is 5.34. The summed E-state index contributed by atoms with van der Waals surface area (Å²) in [6.45, 7) is 5.14. The molecule has 1 N–H and O–H groups in total. The highest BCUT2D eigenvalue weighted by molar-refractivity contribution is 8.00. The maximum Gasteiger partial charge on any atom is 0.0309 e. The number of piperazine rings is 1. The third kappa shape index (κ3) is 2.59. The topological polar surface area (TPSA) is 15.3 Å². The Morgan fingerprint density at radius 2 is 1.72 bits per heavy atom. The van der Waals surface area contributed by atoms with Gasteiger partial charge >= 0.3 is 0 Å². The lowest BCUT2D eigenvalue weighted by Crippen LogP contribution is -2.60. The van der Waals surface area contributed by atoms with Crippen molar-refractivity contribution in [3.63, 3.8) is 0 Å². The lowest BCUT2D eigenvalue weighted by Gasteiger charge is -2.44. The molecule has 0 aromatic carbocycles. The van der Waals surface area contributed by atoms with Crippen molar-refractivity contribution in [2.45, 2.75) is 61.7 Å². The molecule has 3 aliphatic rings. The maximum absolute atomic E-state index is 3.83. The fraction of sp³-hybridized carbons (Fsp3) is 1.00. The Hall–Kier alpha value is 0.270. The van der Waals surface area contributed by atoms with E-state index in [1.54, 1.807) is 0 Å². The predicted molar refractivity (Wildman–Crippen MR) is 80.4 cm³/mol. The van der Waals surface area contributed by atoms with E-state index < -0.39 is 0 Å². The van der Waals surface area contributed by atoms with Crippen molar-refractivity contribution in [3.8, 4) is 0 Å². The van der Waals surface area contributed by atoms with Gasteiger partial charge in [-0.15, -0.1) is 0 Å². The molecule has 0 radical (unpaired) electrons. The molecule has 0 amide bonds. The summed E-state index contributed by atoms with van der Waals surface area (Å²) in [5.41, 5.74) is 0.496. The van der Waals surface area contributed by atoms with Gasteiger partial charge in [0.15, 0.2) is 0 Å². The third-order valence-corrected chi connectivity index (χ3v) is 6.88. The van der Waals surface area contributed by atoms with Gasteiger partial charge in [0.2, 0.25) is 0 Å². The second-order valence-electron chi connectivity index (χ2n) is 6.72. The summed E-state index contributed by atoms with van der Waals surface area (Å²) >= 11 is 2.14. The van der Waals surface area contributed by atoms with Crippen molar-refractivity contribution in [1.82, 2.24) is 10.2 Å². The molecule has 18 heavy (non-hydrogen) atoms. The first kappa shape index (κ1) is 13.3. The quantitative estimate of drug-likeness (QED) is 0.847. The molecule has 3 heteroatoms. The molecule has 0 atom stereocenters. The van der Waals surface area contributed by atoms with Gasteiger partial charge in [0, 0.05) is 36.5 Å². The van der Waals surface area contributed by atoms with Crippen LogP contribution in [0, 0.1) is 0 Å². The number of nitrogens with one attached hydrogen (secondary N) is 1. The lowest BCUT2D eigenvalue weighted by molar-refractivity contribution is 0.124. The molecule has 1 saturated heterocycles. The molecule has 0 bridgehead atoms. The van der Waals surface area contributed by atoms with Crippen molar-refractivity contribution < 1.29 is 0 Å². The molecular weight excluding hydrogens is 240 g/mol. The van der Waals surface area contributed by atoms with Gasteiger partial charge < -0.3 is 5.32 Å². The van der Waals surface area contributed by atoms with Crippen molar-refractivity contribution in [2.24, 2.45) is 0 Å². The Bertz CT molecular complexity index is 280. The van der Waals surface area contributed by atoms with E-state index in [-0.39, 0.29) is 0 Å². The van der Waals surface area contributed by atoms with E-state index in [1.165, 1.54) is 77.5 Å². The van der Waals surface area contributed by atoms with Crippen LogP contribution in [0.2, 0.25) is 0 Å². The molecule has 1 spiro atoms. The monoisotopic (exact) mass is 268 g/mol. The first-order chi connectivity index (χ1) is 8.76. The molecule has 0 aromatic rings. The number of hydrogen-bond donors (Lipinski definition) is 1. The highest BCUT2D eigenvalue weighted by Crippen LogP contribution is 2.41. The summed E-state index contributed by atoms with van der Waals surface area (Å²) in [5, 5.41) is 3.83. The smallest absolute Gasteiger partial charge is 0.0309 e. The Balaban J connectivity index is 1.62. The Labute approximate surface area is 116 Å². The van der Waals surface area contributed by atoms with E-state index in [1.807, 2.05) is 0 Å². The van der Waals surface area contributed by atoms with Crippen LogP contribution < -0.4 is 5.32 Å². The van der Waals surface area contributed by atoms with Crippen LogP contribution >= 0.6 is 11.8 Å². The van der Waals surface area contributed by atoms with Gasteiger partial charge in [-0.05, 0) is 31.9 Å². The van der Waals surface area contributed by atoms with Crippen LogP contribution in [0.5, 0.6) is 0 Å². The van der Waals surface area contributed by atoms with Crippen molar-refractivity contribution in [2.75, 3.05) is 32.4 Å². The summed E-state index contributed by atoms with van der Waals surface area (Å²) < 4.78 is 0.594. The van der Waals surface area contributed by atoms with E-state index >= 15 is 0 Å². The SMILES string of the molecule is CSC1(CN2CCNC3(CCCC3)C2)CCCC1. The Kier molecular flexibility index (Phi) is 3.93. The third-order valence-electron chi connectivity index (χ3n) is 5.47. The van der Waals surface area contributed by atoms with Crippen molar-refractivity contribution in [3.05, 3.63) is 0 Å². The van der Waals surface area contributed by atoms with Gasteiger partial charge in [0.25, 0.3) is 0 Å². The summed E-state index contributed by atoms with van der Waals surface area (Å²) in [4.78, 5) is 2.78. The van der Waals surface area contributed by atoms with Crippen LogP contribution in [-0.2, 0) is 0 Å². The van der Waals surface area contributed by atoms with E-state index in [0.29, 0.717) is 10.3 Å². The van der Waals surface area contributed by atoms with Gasteiger partial charge in [-0.1, -0.05) is 25.7 Å². The van der Waals surface area contributed by atoms with E-state index in [9.17, 15) is 0 Å². The van der Waals surface area contributed by atoms with E-state index in [2.05, 4.69) is 28.2 Å². The van der Waals surface area contributed by atoms with Crippen molar-refractivity contribution in [1.29, 1.82) is 0 Å². The molecular formula is C15H28N2S.